The first-order chi connectivity index (χ1) is 72.4. The summed E-state index contributed by atoms with van der Waals surface area (Å²) in [6, 6.07) is 115. The molecule has 0 aliphatic rings. The smallest absolute Gasteiger partial charge is 0.419 e. The van der Waals surface area contributed by atoms with Gasteiger partial charge in [-0.3, -0.25) is 47.9 Å². The molecule has 0 atom stereocenters. The maximum Gasteiger partial charge on any atom is 0.419 e. The molecule has 0 saturated heterocycles. The number of nitrogens with zero attached hydrogens (tertiary/aromatic N) is 9. The van der Waals surface area contributed by atoms with E-state index in [1.165, 1.54) is 21.3 Å². The molecule has 1 N–H and O–H groups in total. The molecule has 0 bridgehead atoms. The minimum Gasteiger partial charge on any atom is -0.496 e. The van der Waals surface area contributed by atoms with Gasteiger partial charge in [-0.05, 0) is 216 Å². The molecular formula is C123H109BrN10O15S. The molecule has 0 unspecified atom stereocenters. The molecule has 0 aliphatic heterocycles. The zero-order valence-corrected chi connectivity index (χ0v) is 87.0. The molecule has 0 amide bonds. The minimum atomic E-state index is -3.80. The second-order valence-corrected chi connectivity index (χ2v) is 38.7. The molecule has 0 spiro atoms. The van der Waals surface area contributed by atoms with Crippen LogP contribution in [0.25, 0.3) is 115 Å². The normalized spacial score (nSPS) is 10.8. The van der Waals surface area contributed by atoms with Crippen LogP contribution < -0.4 is 4.74 Å². The van der Waals surface area contributed by atoms with Crippen molar-refractivity contribution in [2.75, 3.05) is 7.11 Å². The van der Waals surface area contributed by atoms with E-state index < -0.39 is 21.7 Å². The summed E-state index contributed by atoms with van der Waals surface area (Å²) >= 11 is 3.39. The lowest BCUT2D eigenvalue weighted by atomic mass is 10.2. The number of para-hydroxylation sites is 8. The third-order valence-corrected chi connectivity index (χ3v) is 27.2. The Balaban J connectivity index is 0.000000132. The number of halogens is 1. The van der Waals surface area contributed by atoms with Gasteiger partial charge >= 0.3 is 6.09 Å². The third-order valence-electron chi connectivity index (χ3n) is 25.0. The van der Waals surface area contributed by atoms with Crippen molar-refractivity contribution in [1.29, 1.82) is 0 Å². The fourth-order valence-electron chi connectivity index (χ4n) is 17.5. The Morgan fingerprint density at radius 3 is 1.30 bits per heavy atom. The van der Waals surface area contributed by atoms with Crippen molar-refractivity contribution in [3.8, 4) is 11.4 Å². The Morgan fingerprint density at radius 1 is 0.340 bits per heavy atom. The highest BCUT2D eigenvalue weighted by atomic mass is 79.9. The van der Waals surface area contributed by atoms with Gasteiger partial charge in [0.05, 0.1) is 96.5 Å². The Kier molecular flexibility index (Phi) is 35.1. The number of carbonyl (C=O) groups excluding carboxylic acids is 11. The van der Waals surface area contributed by atoms with Gasteiger partial charge in [0.1, 0.15) is 11.4 Å². The van der Waals surface area contributed by atoms with Gasteiger partial charge in [-0.1, -0.05) is 227 Å². The number of fused-ring (bicyclic) bond motifs is 10. The van der Waals surface area contributed by atoms with E-state index in [9.17, 15) is 61.2 Å². The number of hydrogen-bond donors (Lipinski definition) is 1. The second-order valence-electron chi connectivity index (χ2n) is 36.0. The SMILES string of the molecule is CC(C)(C)OC(=O)n1c(C=O)cc2ccccc21.COc1cccc2c1cc(C=O)n2C.Cc1ccc(S(=O)(=O)n2c(C=O)cc3ccccc32)cc1.Cc1ccc2c(c1)cc(C=O)n2C.Cc1cccc2cc(C=O)n(C)c12.Cn1c(C=O)cc2cc(Br)ccc21.Cn1c(C=O)cc2ccccc21.O=Cc1cc2ccccc2[nH]1.O=Cc1cc2ccccc2n1-c1ccccc1.O=Cc1cc2ccccc2n1Cc1ccccc1. The van der Waals surface area contributed by atoms with Crippen molar-refractivity contribution < 1.29 is 70.6 Å². The van der Waals surface area contributed by atoms with Gasteiger partial charge in [-0.25, -0.2) is 21.8 Å². The van der Waals surface area contributed by atoms with Gasteiger partial charge in [0.15, 0.2) is 62.9 Å². The van der Waals surface area contributed by atoms with Gasteiger partial charge in [0.2, 0.25) is 0 Å². The molecule has 10 heterocycles. The molecule has 0 saturated carbocycles. The molecule has 13 aromatic carbocycles. The maximum atomic E-state index is 12.8. The first kappa shape index (κ1) is 107. The van der Waals surface area contributed by atoms with E-state index in [4.69, 9.17) is 9.47 Å². The highest BCUT2D eigenvalue weighted by Gasteiger charge is 2.25. The molecule has 23 aromatic rings. The summed E-state index contributed by atoms with van der Waals surface area (Å²) in [6.07, 6.45) is 7.68. The van der Waals surface area contributed by atoms with Crippen LogP contribution >= 0.6 is 15.9 Å². The van der Waals surface area contributed by atoms with Crippen LogP contribution in [0.15, 0.2) is 373 Å². The van der Waals surface area contributed by atoms with Crippen molar-refractivity contribution in [3.63, 3.8) is 0 Å². The van der Waals surface area contributed by atoms with Crippen molar-refractivity contribution in [2.45, 2.75) is 58.6 Å². The number of aromatic amines is 1. The predicted octanol–water partition coefficient (Wildman–Crippen LogP) is 26.5. The second kappa shape index (κ2) is 49.0. The molecule has 25 nitrogen and oxygen atoms in total. The summed E-state index contributed by atoms with van der Waals surface area (Å²) in [4.78, 5) is 123. The zero-order chi connectivity index (χ0) is 107. The molecule has 0 fully saturated rings. The van der Waals surface area contributed by atoms with Gasteiger partial charge in [0, 0.05) is 133 Å². The number of nitrogens with one attached hydrogen (secondary N) is 1. The van der Waals surface area contributed by atoms with Crippen molar-refractivity contribution in [2.24, 2.45) is 35.2 Å². The van der Waals surface area contributed by atoms with Crippen LogP contribution in [0.5, 0.6) is 5.75 Å². The third kappa shape index (κ3) is 24.7. The minimum absolute atomic E-state index is 0.122. The monoisotopic (exact) mass is 2080 g/mol. The van der Waals surface area contributed by atoms with Crippen LogP contribution in [-0.4, -0.2) is 136 Å². The van der Waals surface area contributed by atoms with E-state index in [0.717, 1.165) is 203 Å². The Hall–Kier alpha value is -18.3. The first-order valence-corrected chi connectivity index (χ1v) is 49.8. The highest BCUT2D eigenvalue weighted by molar-refractivity contribution is 9.10. The number of ether oxygens (including phenoxy) is 2. The van der Waals surface area contributed by atoms with Gasteiger partial charge in [0.25, 0.3) is 10.0 Å². The number of carbonyl (C=O) groups is 11. The molecule has 150 heavy (non-hydrogen) atoms. The first-order valence-electron chi connectivity index (χ1n) is 47.6. The molecule has 0 radical (unpaired) electrons. The predicted molar refractivity (Wildman–Crippen MR) is 601 cm³/mol. The fraction of sp³-hybridized carbons (Fsp3) is 0.114. The van der Waals surface area contributed by atoms with Crippen LogP contribution in [0.2, 0.25) is 0 Å². The van der Waals surface area contributed by atoms with Gasteiger partial charge in [-0.15, -0.1) is 0 Å². The Labute approximate surface area is 874 Å². The van der Waals surface area contributed by atoms with Crippen molar-refractivity contribution in [3.05, 3.63) is 448 Å². The number of methoxy groups -OCH3 is 1. The van der Waals surface area contributed by atoms with E-state index in [0.29, 0.717) is 52.1 Å². The average molecular weight is 2080 g/mol. The topological polar surface area (TPSA) is 301 Å². The number of benzene rings is 13. The van der Waals surface area contributed by atoms with Crippen LogP contribution in [0, 0.1) is 20.8 Å². The van der Waals surface area contributed by atoms with E-state index in [-0.39, 0.29) is 10.6 Å². The van der Waals surface area contributed by atoms with Gasteiger partial charge < -0.3 is 46.4 Å². The van der Waals surface area contributed by atoms with Crippen LogP contribution in [-0.2, 0) is 56.5 Å². The summed E-state index contributed by atoms with van der Waals surface area (Å²) < 4.78 is 53.0. The number of aldehydes is 10. The lowest BCUT2D eigenvalue weighted by Crippen LogP contribution is -2.27. The number of hydrogen-bond acceptors (Lipinski definition) is 15. The molecule has 23 rings (SSSR count). The van der Waals surface area contributed by atoms with E-state index in [1.54, 1.807) is 94.6 Å². The summed E-state index contributed by atoms with van der Waals surface area (Å²) in [5.41, 5.74) is 20.7. The van der Waals surface area contributed by atoms with Crippen LogP contribution in [0.1, 0.15) is 148 Å². The molecular weight excluding hydrogens is 1970 g/mol. The van der Waals surface area contributed by atoms with E-state index in [1.807, 2.05) is 343 Å². The zero-order valence-electron chi connectivity index (χ0n) is 84.6. The number of aromatic nitrogens is 10. The molecule has 27 heteroatoms. The number of H-pyrrole nitrogens is 1. The summed E-state index contributed by atoms with van der Waals surface area (Å²) in [5.74, 6) is 0.797. The molecule has 0 aliphatic carbocycles. The maximum absolute atomic E-state index is 12.8. The number of aryl methyl sites for hydroxylation is 8. The largest absolute Gasteiger partial charge is 0.496 e. The Morgan fingerprint density at radius 2 is 0.747 bits per heavy atom. The van der Waals surface area contributed by atoms with E-state index >= 15 is 0 Å². The fourth-order valence-corrected chi connectivity index (χ4v) is 19.4. The molecule has 10 aromatic heterocycles. The van der Waals surface area contributed by atoms with Gasteiger partial charge in [-0.2, -0.15) is 0 Å². The lowest BCUT2D eigenvalue weighted by molar-refractivity contribution is 0.0537. The summed E-state index contributed by atoms with van der Waals surface area (Å²) in [7, 11) is 7.30. The van der Waals surface area contributed by atoms with E-state index in [2.05, 4.69) is 62.7 Å². The summed E-state index contributed by atoms with van der Waals surface area (Å²) in [6.45, 7) is 12.1. The standard InChI is InChI=1S/C16H13NO3S.C16H13NO.C15H11NO.C14H15NO3.C11H11NO2.2C11H11NO.C10H8BrNO.C10H9NO.C9H7NO/c1-12-6-8-15(9-7-12)21(19,20)17-14(11-18)10-13-4-2-3-5-16(13)17;18-12-15-10-14-8-4-5-9-16(14)17(15)11-13-6-2-1-3-7-13;17-11-14-10-12-6-4-5-9-15(12)16(14)13-7-2-1-3-8-13;1-14(2,3)18-13(17)15-11(9-16)8-10-6-4-5-7-12(10)15;1-12-8(7-13)6-9-10(12)4-3-5-11(9)14-2;1-8-3-4-11-9(5-8)6-10(7-13)12(11)2;1-8-4-3-5-9-6-10(7-13)12(2)11(8)9;1-12-9(6-13)5-7-4-8(11)2-3-10(7)12;1-11-9(7-12)6-8-4-2-3-5-10(8)11;11-6-8-5-7-3-1-2-4-9(7)10-8/h2-11H,1H3;1-10,12H,11H2;1-11H;4-9H,1-3H3;3-7H,1-2H3;2*3-7H,1-2H3;2-6H,1H3;2-7H,1H3;1-6,10H. The quantitative estimate of drug-likeness (QED) is 0.0879. The average Bonchev–Trinajstić information content (AvgIpc) is 1.59. The lowest BCUT2D eigenvalue weighted by Gasteiger charge is -2.20. The van der Waals surface area contributed by atoms with Crippen molar-refractivity contribution in [1.82, 2.24) is 45.5 Å². The van der Waals surface area contributed by atoms with Crippen LogP contribution in [0.4, 0.5) is 4.79 Å². The number of rotatable bonds is 16. The summed E-state index contributed by atoms with van der Waals surface area (Å²) in [5, 5.41) is 10.2. The Bertz CT molecular complexity index is 8880. The van der Waals surface area contributed by atoms with Crippen LogP contribution in [0.3, 0.4) is 0 Å². The van der Waals surface area contributed by atoms with Crippen molar-refractivity contribution >= 4 is 204 Å². The molecule has 754 valence electrons. The highest BCUT2D eigenvalue weighted by Crippen LogP contribution is 2.33.